The van der Waals surface area contributed by atoms with Gasteiger partial charge in [0.2, 0.25) is 0 Å². The molecule has 2 aromatic rings. The van der Waals surface area contributed by atoms with Gasteiger partial charge in [-0.15, -0.1) is 0 Å². The molecule has 1 aromatic heterocycles. The standard InChI is InChI=1S/C14H6BrClN4O/c15-13-9(5-17)11(10(6-18)14(19)20-13)12(21)7-1-3-8(16)4-2-7/h1-4H,(H2,19,20). The molecule has 0 saturated heterocycles. The number of nitrogens with two attached hydrogens (primary N) is 1. The highest BCUT2D eigenvalue weighted by atomic mass is 79.9. The van der Waals surface area contributed by atoms with Crippen LogP contribution in [0.3, 0.4) is 0 Å². The monoisotopic (exact) mass is 360 g/mol. The number of carbonyl (C=O) groups excluding carboxylic acids is 1. The minimum absolute atomic E-state index is 0.0271. The van der Waals surface area contributed by atoms with Gasteiger partial charge >= 0.3 is 0 Å². The number of benzene rings is 1. The molecule has 0 amide bonds. The second-order valence-electron chi connectivity index (χ2n) is 3.97. The quantitative estimate of drug-likeness (QED) is 0.654. The van der Waals surface area contributed by atoms with Crippen molar-refractivity contribution in [3.8, 4) is 12.1 Å². The van der Waals surface area contributed by atoms with Crippen LogP contribution in [-0.4, -0.2) is 10.8 Å². The van der Waals surface area contributed by atoms with Crippen LogP contribution < -0.4 is 5.73 Å². The molecule has 0 atom stereocenters. The summed E-state index contributed by atoms with van der Waals surface area (Å²) in [5, 5.41) is 18.9. The topological polar surface area (TPSA) is 104 Å². The zero-order valence-electron chi connectivity index (χ0n) is 10.4. The van der Waals surface area contributed by atoms with E-state index < -0.39 is 5.78 Å². The number of pyridine rings is 1. The molecule has 21 heavy (non-hydrogen) atoms. The normalized spacial score (nSPS) is 9.71. The van der Waals surface area contributed by atoms with Crippen molar-refractivity contribution in [3.05, 3.63) is 56.1 Å². The fraction of sp³-hybridized carbons (Fsp3) is 0. The third-order valence-electron chi connectivity index (χ3n) is 2.74. The predicted molar refractivity (Wildman–Crippen MR) is 80.7 cm³/mol. The summed E-state index contributed by atoms with van der Waals surface area (Å²) in [5.74, 6) is -0.602. The molecule has 0 aliphatic rings. The van der Waals surface area contributed by atoms with Crippen LogP contribution in [0.1, 0.15) is 27.0 Å². The summed E-state index contributed by atoms with van der Waals surface area (Å²) in [6.45, 7) is 0. The van der Waals surface area contributed by atoms with Crippen LogP contribution in [0, 0.1) is 22.7 Å². The lowest BCUT2D eigenvalue weighted by Crippen LogP contribution is -2.11. The van der Waals surface area contributed by atoms with Crippen molar-refractivity contribution in [2.45, 2.75) is 0 Å². The van der Waals surface area contributed by atoms with Crippen molar-refractivity contribution in [1.82, 2.24) is 4.98 Å². The van der Waals surface area contributed by atoms with Crippen LogP contribution >= 0.6 is 27.5 Å². The summed E-state index contributed by atoms with van der Waals surface area (Å²) >= 11 is 8.85. The first-order chi connectivity index (χ1) is 9.99. The van der Waals surface area contributed by atoms with E-state index >= 15 is 0 Å². The lowest BCUT2D eigenvalue weighted by atomic mass is 9.96. The molecule has 0 bridgehead atoms. The first kappa shape index (κ1) is 15.0. The molecule has 0 radical (unpaired) electrons. The first-order valence-electron chi connectivity index (χ1n) is 5.59. The average Bonchev–Trinajstić information content (AvgIpc) is 2.46. The van der Waals surface area contributed by atoms with E-state index in [4.69, 9.17) is 17.3 Å². The number of ketones is 1. The molecule has 2 rings (SSSR count). The fourth-order valence-electron chi connectivity index (χ4n) is 1.76. The Labute approximate surface area is 133 Å². The highest BCUT2D eigenvalue weighted by Crippen LogP contribution is 2.27. The lowest BCUT2D eigenvalue weighted by Gasteiger charge is -2.09. The first-order valence-corrected chi connectivity index (χ1v) is 6.76. The fourth-order valence-corrected chi connectivity index (χ4v) is 2.37. The second kappa shape index (κ2) is 5.92. The molecular weight excluding hydrogens is 356 g/mol. The van der Waals surface area contributed by atoms with Gasteiger partial charge < -0.3 is 5.73 Å². The zero-order chi connectivity index (χ0) is 15.6. The minimum atomic E-state index is -0.491. The molecular formula is C14H6BrClN4O. The Hall–Kier alpha value is -2.41. The number of carbonyl (C=O) groups is 1. The maximum Gasteiger partial charge on any atom is 0.195 e. The summed E-state index contributed by atoms with van der Waals surface area (Å²) < 4.78 is 0.124. The van der Waals surface area contributed by atoms with Crippen LogP contribution in [0.5, 0.6) is 0 Å². The van der Waals surface area contributed by atoms with Crippen LogP contribution in [0.4, 0.5) is 5.82 Å². The summed E-state index contributed by atoms with van der Waals surface area (Å²) in [4.78, 5) is 16.4. The van der Waals surface area contributed by atoms with Crippen molar-refractivity contribution >= 4 is 39.1 Å². The molecule has 1 aromatic carbocycles. The molecule has 0 aliphatic heterocycles. The molecule has 2 N–H and O–H groups in total. The third kappa shape index (κ3) is 2.73. The number of nitrogen functional groups attached to an aromatic ring is 1. The predicted octanol–water partition coefficient (Wildman–Crippen LogP) is 3.05. The number of anilines is 1. The number of hydrogen-bond donors (Lipinski definition) is 1. The Morgan fingerprint density at radius 1 is 1.19 bits per heavy atom. The molecule has 1 heterocycles. The molecule has 7 heteroatoms. The maximum atomic E-state index is 12.6. The van der Waals surface area contributed by atoms with Gasteiger partial charge in [-0.2, -0.15) is 10.5 Å². The van der Waals surface area contributed by atoms with Gasteiger partial charge in [-0.1, -0.05) is 11.6 Å². The van der Waals surface area contributed by atoms with E-state index in [1.807, 2.05) is 12.1 Å². The van der Waals surface area contributed by atoms with E-state index in [2.05, 4.69) is 20.9 Å². The Balaban J connectivity index is 2.74. The van der Waals surface area contributed by atoms with Gasteiger partial charge in [0.25, 0.3) is 0 Å². The number of hydrogen-bond acceptors (Lipinski definition) is 5. The Morgan fingerprint density at radius 3 is 2.29 bits per heavy atom. The highest BCUT2D eigenvalue weighted by molar-refractivity contribution is 9.10. The molecule has 5 nitrogen and oxygen atoms in total. The zero-order valence-corrected chi connectivity index (χ0v) is 12.7. The van der Waals surface area contributed by atoms with E-state index in [1.54, 1.807) is 12.1 Å². The van der Waals surface area contributed by atoms with Gasteiger partial charge in [-0.25, -0.2) is 4.98 Å². The van der Waals surface area contributed by atoms with Crippen LogP contribution in [-0.2, 0) is 0 Å². The number of halogens is 2. The molecule has 0 unspecified atom stereocenters. The number of nitrogens with zero attached hydrogens (tertiary/aromatic N) is 3. The smallest absolute Gasteiger partial charge is 0.195 e. The maximum absolute atomic E-state index is 12.6. The molecule has 102 valence electrons. The van der Waals surface area contributed by atoms with Crippen molar-refractivity contribution in [1.29, 1.82) is 10.5 Å². The van der Waals surface area contributed by atoms with Crippen molar-refractivity contribution in [2.24, 2.45) is 0 Å². The number of rotatable bonds is 2. The molecule has 0 aliphatic carbocycles. The number of aromatic nitrogens is 1. The van der Waals surface area contributed by atoms with Gasteiger partial charge in [0.1, 0.15) is 28.1 Å². The van der Waals surface area contributed by atoms with E-state index in [9.17, 15) is 15.3 Å². The second-order valence-corrected chi connectivity index (χ2v) is 5.16. The minimum Gasteiger partial charge on any atom is -0.383 e. The van der Waals surface area contributed by atoms with E-state index in [0.717, 1.165) is 0 Å². The molecule has 0 saturated carbocycles. The number of nitriles is 2. The summed E-state index contributed by atoms with van der Waals surface area (Å²) in [6, 6.07) is 9.81. The highest BCUT2D eigenvalue weighted by Gasteiger charge is 2.24. The van der Waals surface area contributed by atoms with Gasteiger partial charge in [-0.3, -0.25) is 4.79 Å². The van der Waals surface area contributed by atoms with Gasteiger partial charge in [-0.05, 0) is 40.2 Å². The average molecular weight is 362 g/mol. The summed E-state index contributed by atoms with van der Waals surface area (Å²) in [5.41, 5.74) is 5.74. The van der Waals surface area contributed by atoms with Crippen molar-refractivity contribution < 1.29 is 4.79 Å². The van der Waals surface area contributed by atoms with Crippen molar-refractivity contribution in [3.63, 3.8) is 0 Å². The lowest BCUT2D eigenvalue weighted by molar-refractivity contribution is 0.103. The SMILES string of the molecule is N#Cc1c(N)nc(Br)c(C#N)c1C(=O)c1ccc(Cl)cc1. The Morgan fingerprint density at radius 2 is 1.76 bits per heavy atom. The molecule has 0 spiro atoms. The third-order valence-corrected chi connectivity index (χ3v) is 3.56. The van der Waals surface area contributed by atoms with Gasteiger partial charge in [0.05, 0.1) is 11.1 Å². The van der Waals surface area contributed by atoms with E-state index in [1.165, 1.54) is 12.1 Å². The van der Waals surface area contributed by atoms with Crippen LogP contribution in [0.25, 0.3) is 0 Å². The van der Waals surface area contributed by atoms with E-state index in [-0.39, 0.29) is 27.1 Å². The van der Waals surface area contributed by atoms with Crippen LogP contribution in [0.2, 0.25) is 5.02 Å². The van der Waals surface area contributed by atoms with E-state index in [0.29, 0.717) is 10.6 Å². The van der Waals surface area contributed by atoms with Gasteiger partial charge in [0.15, 0.2) is 5.78 Å². The van der Waals surface area contributed by atoms with Gasteiger partial charge in [0, 0.05) is 10.6 Å². The largest absolute Gasteiger partial charge is 0.383 e. The van der Waals surface area contributed by atoms with Crippen LogP contribution in [0.15, 0.2) is 28.9 Å². The van der Waals surface area contributed by atoms with Crippen molar-refractivity contribution in [2.75, 3.05) is 5.73 Å². The Bertz CT molecular complexity index is 781. The Kier molecular flexibility index (Phi) is 4.23. The summed E-state index contributed by atoms with van der Waals surface area (Å²) in [7, 11) is 0. The molecule has 0 fully saturated rings. The summed E-state index contributed by atoms with van der Waals surface area (Å²) in [6.07, 6.45) is 0.